The van der Waals surface area contributed by atoms with Gasteiger partial charge in [-0.25, -0.2) is 0 Å². The SMILES string of the molecule is C=CCC1=C(/C=C\C(C)C2(O)C(=O)Nc3ccccc32)OCCO1. The van der Waals surface area contributed by atoms with Crippen molar-refractivity contribution in [2.75, 3.05) is 18.5 Å². The number of aliphatic hydroxyl groups is 1. The van der Waals surface area contributed by atoms with Gasteiger partial charge in [-0.2, -0.15) is 0 Å². The molecule has 5 heteroatoms. The Balaban J connectivity index is 1.88. The molecule has 0 spiro atoms. The van der Waals surface area contributed by atoms with E-state index in [1.807, 2.05) is 12.1 Å². The largest absolute Gasteiger partial charge is 0.490 e. The van der Waals surface area contributed by atoms with E-state index in [1.165, 1.54) is 0 Å². The predicted molar refractivity (Wildman–Crippen MR) is 91.0 cm³/mol. The quantitative estimate of drug-likeness (QED) is 0.816. The van der Waals surface area contributed by atoms with E-state index in [2.05, 4.69) is 11.9 Å². The van der Waals surface area contributed by atoms with Crippen molar-refractivity contribution >= 4 is 11.6 Å². The number of benzene rings is 1. The lowest BCUT2D eigenvalue weighted by atomic mass is 9.83. The van der Waals surface area contributed by atoms with Crippen LogP contribution >= 0.6 is 0 Å². The van der Waals surface area contributed by atoms with Gasteiger partial charge in [0.05, 0.1) is 0 Å². The van der Waals surface area contributed by atoms with Crippen molar-refractivity contribution in [2.45, 2.75) is 18.9 Å². The highest BCUT2D eigenvalue weighted by atomic mass is 16.6. The van der Waals surface area contributed by atoms with Gasteiger partial charge in [0, 0.05) is 23.6 Å². The summed E-state index contributed by atoms with van der Waals surface area (Å²) in [5.74, 6) is 0.470. The Morgan fingerprint density at radius 2 is 2.12 bits per heavy atom. The molecule has 0 aliphatic carbocycles. The fourth-order valence-corrected chi connectivity index (χ4v) is 2.99. The Hall–Kier alpha value is -2.53. The van der Waals surface area contributed by atoms with E-state index in [9.17, 15) is 9.90 Å². The van der Waals surface area contributed by atoms with Crippen LogP contribution in [0.3, 0.4) is 0 Å². The van der Waals surface area contributed by atoms with Crippen LogP contribution in [0.15, 0.2) is 60.6 Å². The van der Waals surface area contributed by atoms with E-state index >= 15 is 0 Å². The van der Waals surface area contributed by atoms with Gasteiger partial charge in [0.15, 0.2) is 11.4 Å². The summed E-state index contributed by atoms with van der Waals surface area (Å²) in [5, 5.41) is 13.7. The summed E-state index contributed by atoms with van der Waals surface area (Å²) in [6.07, 6.45) is 5.85. The van der Waals surface area contributed by atoms with Gasteiger partial charge in [0.25, 0.3) is 5.91 Å². The van der Waals surface area contributed by atoms with Crippen LogP contribution in [0.2, 0.25) is 0 Å². The Labute approximate surface area is 141 Å². The molecule has 24 heavy (non-hydrogen) atoms. The molecule has 2 aliphatic rings. The molecular formula is C19H21NO4. The molecule has 0 saturated heterocycles. The number of fused-ring (bicyclic) bond motifs is 1. The molecule has 126 valence electrons. The molecule has 1 amide bonds. The van der Waals surface area contributed by atoms with Crippen LogP contribution in [0.4, 0.5) is 5.69 Å². The van der Waals surface area contributed by atoms with Gasteiger partial charge in [0.1, 0.15) is 19.0 Å². The van der Waals surface area contributed by atoms with Crippen LogP contribution in [-0.2, 0) is 19.9 Å². The maximum atomic E-state index is 12.3. The maximum absolute atomic E-state index is 12.3. The number of nitrogens with one attached hydrogen (secondary N) is 1. The van der Waals surface area contributed by atoms with Gasteiger partial charge in [0.2, 0.25) is 0 Å². The smallest absolute Gasteiger partial charge is 0.261 e. The lowest BCUT2D eigenvalue weighted by molar-refractivity contribution is -0.137. The number of para-hydroxylation sites is 1. The average molecular weight is 327 g/mol. The fraction of sp³-hybridized carbons (Fsp3) is 0.316. The number of carbonyl (C=O) groups excluding carboxylic acids is 1. The molecule has 0 saturated carbocycles. The minimum Gasteiger partial charge on any atom is -0.490 e. The molecule has 0 aromatic heterocycles. The van der Waals surface area contributed by atoms with E-state index in [0.29, 0.717) is 42.4 Å². The lowest BCUT2D eigenvalue weighted by Crippen LogP contribution is -2.39. The fourth-order valence-electron chi connectivity index (χ4n) is 2.99. The summed E-state index contributed by atoms with van der Waals surface area (Å²) >= 11 is 0. The minimum atomic E-state index is -1.60. The van der Waals surface area contributed by atoms with Crippen molar-refractivity contribution in [3.63, 3.8) is 0 Å². The molecule has 1 aromatic rings. The highest BCUT2D eigenvalue weighted by Gasteiger charge is 2.48. The zero-order chi connectivity index (χ0) is 17.2. The summed E-state index contributed by atoms with van der Waals surface area (Å²) in [5.41, 5.74) is -0.357. The van der Waals surface area contributed by atoms with Gasteiger partial charge in [-0.3, -0.25) is 4.79 Å². The zero-order valence-corrected chi connectivity index (χ0v) is 13.6. The van der Waals surface area contributed by atoms with E-state index in [0.717, 1.165) is 0 Å². The third-order valence-electron chi connectivity index (χ3n) is 4.35. The normalized spacial score (nSPS) is 24.2. The highest BCUT2D eigenvalue weighted by Crippen LogP contribution is 2.41. The minimum absolute atomic E-state index is 0.415. The van der Waals surface area contributed by atoms with Crippen molar-refractivity contribution in [3.8, 4) is 0 Å². The topological polar surface area (TPSA) is 67.8 Å². The first kappa shape index (κ1) is 16.3. The second-order valence-electron chi connectivity index (χ2n) is 5.89. The third kappa shape index (κ3) is 2.71. The molecular weight excluding hydrogens is 306 g/mol. The predicted octanol–water partition coefficient (Wildman–Crippen LogP) is 2.85. The first-order valence-electron chi connectivity index (χ1n) is 7.98. The van der Waals surface area contributed by atoms with Crippen molar-refractivity contribution in [1.82, 2.24) is 0 Å². The summed E-state index contributed by atoms with van der Waals surface area (Å²) in [6, 6.07) is 7.18. The number of amides is 1. The summed E-state index contributed by atoms with van der Waals surface area (Å²) in [7, 11) is 0. The second kappa shape index (κ2) is 6.53. The molecule has 5 nitrogen and oxygen atoms in total. The first-order valence-corrected chi connectivity index (χ1v) is 7.98. The van der Waals surface area contributed by atoms with Gasteiger partial charge in [-0.1, -0.05) is 37.3 Å². The number of carbonyl (C=O) groups is 1. The van der Waals surface area contributed by atoms with Crippen molar-refractivity contribution < 1.29 is 19.4 Å². The van der Waals surface area contributed by atoms with E-state index < -0.39 is 17.4 Å². The van der Waals surface area contributed by atoms with Gasteiger partial charge in [-0.05, 0) is 12.1 Å². The molecule has 2 N–H and O–H groups in total. The maximum Gasteiger partial charge on any atom is 0.261 e. The van der Waals surface area contributed by atoms with Crippen molar-refractivity contribution in [1.29, 1.82) is 0 Å². The van der Waals surface area contributed by atoms with Crippen LogP contribution in [0.1, 0.15) is 18.9 Å². The van der Waals surface area contributed by atoms with Crippen LogP contribution in [0.25, 0.3) is 0 Å². The molecule has 2 aliphatic heterocycles. The van der Waals surface area contributed by atoms with Crippen LogP contribution in [0, 0.1) is 5.92 Å². The molecule has 1 aromatic carbocycles. The highest BCUT2D eigenvalue weighted by molar-refractivity contribution is 6.05. The average Bonchev–Trinajstić information content (AvgIpc) is 2.86. The van der Waals surface area contributed by atoms with Crippen molar-refractivity contribution in [3.05, 3.63) is 66.2 Å². The second-order valence-corrected chi connectivity index (χ2v) is 5.89. The Kier molecular flexibility index (Phi) is 4.44. The number of hydrogen-bond acceptors (Lipinski definition) is 4. The third-order valence-corrected chi connectivity index (χ3v) is 4.35. The molecule has 2 unspecified atom stereocenters. The van der Waals surface area contributed by atoms with E-state index in [-0.39, 0.29) is 0 Å². The summed E-state index contributed by atoms with van der Waals surface area (Å²) in [6.45, 7) is 6.49. The van der Waals surface area contributed by atoms with Gasteiger partial charge >= 0.3 is 0 Å². The first-order chi connectivity index (χ1) is 11.6. The number of hydrogen-bond donors (Lipinski definition) is 2. The molecule has 0 fully saturated rings. The Morgan fingerprint density at radius 3 is 2.92 bits per heavy atom. The summed E-state index contributed by atoms with van der Waals surface area (Å²) < 4.78 is 11.2. The number of ether oxygens (including phenoxy) is 2. The number of rotatable bonds is 5. The molecule has 2 atom stereocenters. The monoisotopic (exact) mass is 327 g/mol. The summed E-state index contributed by atoms with van der Waals surface area (Å²) in [4.78, 5) is 12.3. The van der Waals surface area contributed by atoms with E-state index in [1.54, 1.807) is 37.3 Å². The van der Waals surface area contributed by atoms with Crippen LogP contribution in [0.5, 0.6) is 0 Å². The molecule has 2 heterocycles. The van der Waals surface area contributed by atoms with E-state index in [4.69, 9.17) is 9.47 Å². The molecule has 3 rings (SSSR count). The number of anilines is 1. The zero-order valence-electron chi connectivity index (χ0n) is 13.6. The lowest BCUT2D eigenvalue weighted by Gasteiger charge is -2.26. The Bertz CT molecular complexity index is 722. The van der Waals surface area contributed by atoms with Gasteiger partial charge < -0.3 is 19.9 Å². The molecule has 0 radical (unpaired) electrons. The molecule has 0 bridgehead atoms. The van der Waals surface area contributed by atoms with Gasteiger partial charge in [-0.15, -0.1) is 6.58 Å². The van der Waals surface area contributed by atoms with Crippen LogP contribution in [-0.4, -0.2) is 24.2 Å². The van der Waals surface area contributed by atoms with Crippen molar-refractivity contribution in [2.24, 2.45) is 5.92 Å². The standard InChI is InChI=1S/C19H21NO4/c1-3-6-16-17(24-12-11-23-16)10-9-13(2)19(22)14-7-4-5-8-15(14)20-18(19)21/h3-5,7-10,13,22H,1,6,11-12H2,2H3,(H,20,21)/b10-9-. The number of allylic oxidation sites excluding steroid dienone is 2. The Morgan fingerprint density at radius 1 is 1.38 bits per heavy atom. The van der Waals surface area contributed by atoms with Crippen LogP contribution < -0.4 is 5.32 Å².